The summed E-state index contributed by atoms with van der Waals surface area (Å²) in [6.45, 7) is 26.9. The third-order valence-corrected chi connectivity index (χ3v) is 13.3. The Hall–Kier alpha value is -6.84. The highest BCUT2D eigenvalue weighted by Crippen LogP contribution is 2.40. The number of hydrogen-bond acceptors (Lipinski definition) is 3. The van der Waals surface area contributed by atoms with Crippen molar-refractivity contribution in [3.63, 3.8) is 0 Å². The summed E-state index contributed by atoms with van der Waals surface area (Å²) >= 11 is 0. The molecule has 0 amide bonds. The van der Waals surface area contributed by atoms with E-state index in [2.05, 4.69) is 210 Å². The molecule has 8 aromatic carbocycles. The molecule has 344 valence electrons. The van der Waals surface area contributed by atoms with Crippen LogP contribution in [0.3, 0.4) is 0 Å². The van der Waals surface area contributed by atoms with Crippen LogP contribution in [0.5, 0.6) is 0 Å². The van der Waals surface area contributed by atoms with Gasteiger partial charge in [0.1, 0.15) is 33.5 Å². The topological polar surface area (TPSA) is 39.4 Å². The van der Waals surface area contributed by atoms with Crippen LogP contribution in [0.25, 0.3) is 76.9 Å². The van der Waals surface area contributed by atoms with E-state index in [0.717, 1.165) is 39.9 Å². The van der Waals surface area contributed by atoms with Crippen LogP contribution >= 0.6 is 0 Å². The van der Waals surface area contributed by atoms with Crippen molar-refractivity contribution in [1.29, 1.82) is 0 Å². The molecule has 0 fully saturated rings. The van der Waals surface area contributed by atoms with Crippen LogP contribution in [0.2, 0.25) is 0 Å². The lowest BCUT2D eigenvalue weighted by Gasteiger charge is -2.20. The molecular weight excluding hydrogens is 829 g/mol. The molecule has 1 aliphatic rings. The molecule has 0 N–H and O–H groups in total. The number of para-hydroxylation sites is 4. The van der Waals surface area contributed by atoms with Gasteiger partial charge in [-0.25, -0.2) is 0 Å². The van der Waals surface area contributed by atoms with Crippen molar-refractivity contribution in [3.05, 3.63) is 203 Å². The third-order valence-electron chi connectivity index (χ3n) is 13.3. The molecule has 3 heterocycles. The van der Waals surface area contributed by atoms with Crippen molar-refractivity contribution in [2.75, 3.05) is 0 Å². The number of hydrogen-bond donors (Lipinski definition) is 0. The highest BCUT2D eigenvalue weighted by Gasteiger charge is 2.23. The lowest BCUT2D eigenvalue weighted by atomic mass is 9.84. The van der Waals surface area contributed by atoms with Crippen molar-refractivity contribution in [1.82, 2.24) is 0 Å². The molecule has 0 saturated carbocycles. The summed E-state index contributed by atoms with van der Waals surface area (Å²) in [4.78, 5) is 0. The summed E-state index contributed by atoms with van der Waals surface area (Å²) in [6, 6.07) is 59.6. The first-order valence-corrected chi connectivity index (χ1v) is 24.2. The van der Waals surface area contributed by atoms with E-state index < -0.39 is 0 Å². The molecule has 12 rings (SSSR count). The number of furan rings is 3. The zero-order valence-electron chi connectivity index (χ0n) is 42.1. The molecular formula is C65H66O3. The van der Waals surface area contributed by atoms with Gasteiger partial charge in [-0.1, -0.05) is 217 Å². The highest BCUT2D eigenvalue weighted by molar-refractivity contribution is 6.08. The molecule has 0 aliphatic heterocycles. The summed E-state index contributed by atoms with van der Waals surface area (Å²) in [6.07, 6.45) is 1.09. The normalized spacial score (nSPS) is 12.6. The van der Waals surface area contributed by atoms with Gasteiger partial charge in [-0.05, 0) is 103 Å². The SMILES string of the molecule is CC(C)(C)c1ccc2c(c1)Cc1ccccc1-2.CC(C)(C)c1ccc2oc3ccccc3c2c1.CC(C)(C)c1cccc2c1oc1ccccc12.CC(C)(C)c1cccc2oc3ccccc3c12. The van der Waals surface area contributed by atoms with E-state index in [9.17, 15) is 0 Å². The predicted octanol–water partition coefficient (Wildman–Crippen LogP) is 19.2. The van der Waals surface area contributed by atoms with Gasteiger partial charge in [-0.2, -0.15) is 0 Å². The molecule has 11 aromatic rings. The number of rotatable bonds is 0. The second kappa shape index (κ2) is 17.7. The van der Waals surface area contributed by atoms with Gasteiger partial charge in [0.05, 0.1) is 0 Å². The van der Waals surface area contributed by atoms with Gasteiger partial charge in [0, 0.05) is 37.9 Å². The molecule has 0 spiro atoms. The lowest BCUT2D eigenvalue weighted by Crippen LogP contribution is -2.11. The van der Waals surface area contributed by atoms with Crippen LogP contribution in [0.15, 0.2) is 183 Å². The van der Waals surface area contributed by atoms with E-state index in [-0.39, 0.29) is 21.7 Å². The van der Waals surface area contributed by atoms with Crippen molar-refractivity contribution in [2.24, 2.45) is 0 Å². The fourth-order valence-electron chi connectivity index (χ4n) is 9.54. The van der Waals surface area contributed by atoms with E-state index in [4.69, 9.17) is 13.3 Å². The fraction of sp³-hybridized carbons (Fsp3) is 0.262. The van der Waals surface area contributed by atoms with Crippen LogP contribution in [0.4, 0.5) is 0 Å². The Bertz CT molecular complexity index is 3560. The van der Waals surface area contributed by atoms with Gasteiger partial charge in [0.15, 0.2) is 0 Å². The quantitative estimate of drug-likeness (QED) is 0.152. The van der Waals surface area contributed by atoms with Crippen molar-refractivity contribution in [2.45, 2.75) is 111 Å². The Kier molecular flexibility index (Phi) is 12.0. The minimum atomic E-state index is 0.105. The van der Waals surface area contributed by atoms with E-state index >= 15 is 0 Å². The largest absolute Gasteiger partial charge is 0.456 e. The molecule has 1 aliphatic carbocycles. The maximum absolute atomic E-state index is 6.01. The highest BCUT2D eigenvalue weighted by atomic mass is 16.3. The smallest absolute Gasteiger partial charge is 0.139 e. The second-order valence-corrected chi connectivity index (χ2v) is 22.6. The van der Waals surface area contributed by atoms with Gasteiger partial charge >= 0.3 is 0 Å². The number of fused-ring (bicyclic) bond motifs is 12. The molecule has 68 heavy (non-hydrogen) atoms. The van der Waals surface area contributed by atoms with Crippen molar-refractivity contribution in [3.8, 4) is 11.1 Å². The van der Waals surface area contributed by atoms with Gasteiger partial charge in [-0.3, -0.25) is 0 Å². The van der Waals surface area contributed by atoms with Crippen LogP contribution in [0, 0.1) is 0 Å². The van der Waals surface area contributed by atoms with Crippen LogP contribution in [-0.2, 0) is 28.1 Å². The summed E-state index contributed by atoms with van der Waals surface area (Å²) in [5.74, 6) is 0. The van der Waals surface area contributed by atoms with E-state index in [0.29, 0.717) is 0 Å². The average Bonchev–Trinajstić information content (AvgIpc) is 4.08. The first-order chi connectivity index (χ1) is 32.3. The van der Waals surface area contributed by atoms with Gasteiger partial charge in [0.25, 0.3) is 0 Å². The Labute approximate surface area is 402 Å². The molecule has 0 atom stereocenters. The first-order valence-electron chi connectivity index (χ1n) is 24.2. The molecule has 0 radical (unpaired) electrons. The zero-order valence-corrected chi connectivity index (χ0v) is 42.1. The Morgan fingerprint density at radius 3 is 1.43 bits per heavy atom. The molecule has 3 heteroatoms. The number of benzene rings is 8. The average molecular weight is 895 g/mol. The molecule has 0 bridgehead atoms. The van der Waals surface area contributed by atoms with Crippen LogP contribution in [0.1, 0.15) is 116 Å². The van der Waals surface area contributed by atoms with E-state index in [1.54, 1.807) is 0 Å². The lowest BCUT2D eigenvalue weighted by molar-refractivity contribution is 0.573. The fourth-order valence-corrected chi connectivity index (χ4v) is 9.54. The standard InChI is InChI=1S/C17H18.3C16H16O/c1-17(2,3)14-8-9-16-13(11-14)10-12-6-4-5-7-15(12)16;1-16(2,3)13-9-6-8-12-11-7-4-5-10-14(11)17-15(12)13;1-16(2,3)12-8-6-10-14-15(12)11-7-4-5-9-13(11)17-14;1-16(2,3)11-8-9-15-13(10-11)12-6-4-5-7-14(12)17-15/h4-9,11H,10H2,1-3H3;3*4-10H,1-3H3. The van der Waals surface area contributed by atoms with Crippen molar-refractivity contribution < 1.29 is 13.3 Å². The molecule has 0 saturated heterocycles. The van der Waals surface area contributed by atoms with E-state index in [1.807, 2.05) is 42.5 Å². The zero-order chi connectivity index (χ0) is 48.2. The molecule has 3 nitrogen and oxygen atoms in total. The van der Waals surface area contributed by atoms with Crippen LogP contribution in [-0.4, -0.2) is 0 Å². The summed E-state index contributed by atoms with van der Waals surface area (Å²) < 4.78 is 17.7. The van der Waals surface area contributed by atoms with Crippen LogP contribution < -0.4 is 0 Å². The molecule has 0 unspecified atom stereocenters. The minimum absolute atomic E-state index is 0.105. The predicted molar refractivity (Wildman–Crippen MR) is 291 cm³/mol. The Balaban J connectivity index is 0.000000113. The maximum atomic E-state index is 6.01. The Morgan fingerprint density at radius 2 is 0.765 bits per heavy atom. The van der Waals surface area contributed by atoms with E-state index in [1.165, 1.54) is 76.8 Å². The summed E-state index contributed by atoms with van der Waals surface area (Å²) in [7, 11) is 0. The third kappa shape index (κ3) is 9.24. The Morgan fingerprint density at radius 1 is 0.309 bits per heavy atom. The maximum Gasteiger partial charge on any atom is 0.139 e. The molecule has 3 aromatic heterocycles. The van der Waals surface area contributed by atoms with Gasteiger partial charge in [0.2, 0.25) is 0 Å². The summed E-state index contributed by atoms with van der Waals surface area (Å²) in [5.41, 5.74) is 17.7. The second-order valence-electron chi connectivity index (χ2n) is 22.6. The van der Waals surface area contributed by atoms with Gasteiger partial charge < -0.3 is 13.3 Å². The van der Waals surface area contributed by atoms with Crippen molar-refractivity contribution >= 4 is 65.8 Å². The first kappa shape index (κ1) is 46.3. The summed E-state index contributed by atoms with van der Waals surface area (Å²) in [5, 5.41) is 7.31. The minimum Gasteiger partial charge on any atom is -0.456 e. The van der Waals surface area contributed by atoms with Gasteiger partial charge in [-0.15, -0.1) is 0 Å². The monoisotopic (exact) mass is 895 g/mol.